The minimum atomic E-state index is 0.727. The number of hydrogen-bond donors (Lipinski definition) is 0. The number of aryl methyl sites for hydroxylation is 1. The van der Waals surface area contributed by atoms with Gasteiger partial charge in [0.25, 0.3) is 0 Å². The number of pyridine rings is 1. The van der Waals surface area contributed by atoms with Gasteiger partial charge in [0.15, 0.2) is 0 Å². The Hall–Kier alpha value is -1.09. The predicted octanol–water partition coefficient (Wildman–Crippen LogP) is 2.06. The Morgan fingerprint density at radius 2 is 2.00 bits per heavy atom. The monoisotopic (exact) mass is 231 g/mol. The van der Waals surface area contributed by atoms with E-state index in [-0.39, 0.29) is 0 Å². The van der Waals surface area contributed by atoms with Crippen molar-refractivity contribution in [3.8, 4) is 0 Å². The van der Waals surface area contributed by atoms with E-state index in [0.29, 0.717) is 0 Å². The standard InChI is InChI=1S/C14H21N3/c1-11-4-3-5-14(15-11)17-9-8-12-6-7-13(10-17)16(12)2/h3-5,12-13H,6-10H2,1-2H3. The highest BCUT2D eigenvalue weighted by Crippen LogP contribution is 2.30. The number of likely N-dealkylation sites (N-methyl/N-ethyl adjacent to an activating group) is 1. The van der Waals surface area contributed by atoms with Crippen molar-refractivity contribution in [3.63, 3.8) is 0 Å². The topological polar surface area (TPSA) is 19.4 Å². The zero-order valence-corrected chi connectivity index (χ0v) is 10.8. The van der Waals surface area contributed by atoms with Crippen LogP contribution >= 0.6 is 0 Å². The molecule has 0 spiro atoms. The van der Waals surface area contributed by atoms with Crippen molar-refractivity contribution >= 4 is 5.82 Å². The van der Waals surface area contributed by atoms with Crippen LogP contribution in [0.4, 0.5) is 5.82 Å². The van der Waals surface area contributed by atoms with Crippen LogP contribution in [-0.2, 0) is 0 Å². The van der Waals surface area contributed by atoms with E-state index in [1.807, 2.05) is 0 Å². The largest absolute Gasteiger partial charge is 0.355 e. The summed E-state index contributed by atoms with van der Waals surface area (Å²) < 4.78 is 0. The van der Waals surface area contributed by atoms with Gasteiger partial charge in [-0.05, 0) is 45.4 Å². The van der Waals surface area contributed by atoms with Crippen molar-refractivity contribution in [2.45, 2.75) is 38.3 Å². The Labute approximate surface area is 103 Å². The summed E-state index contributed by atoms with van der Waals surface area (Å²) in [6, 6.07) is 7.86. The van der Waals surface area contributed by atoms with E-state index in [0.717, 1.165) is 36.7 Å². The third kappa shape index (κ3) is 2.04. The van der Waals surface area contributed by atoms with Crippen molar-refractivity contribution in [1.82, 2.24) is 9.88 Å². The first kappa shape index (κ1) is 11.0. The van der Waals surface area contributed by atoms with Gasteiger partial charge in [-0.25, -0.2) is 4.98 Å². The molecule has 3 heteroatoms. The fourth-order valence-corrected chi connectivity index (χ4v) is 3.22. The molecule has 3 rings (SSSR count). The van der Waals surface area contributed by atoms with Crippen molar-refractivity contribution in [2.75, 3.05) is 25.0 Å². The maximum Gasteiger partial charge on any atom is 0.128 e. The SMILES string of the molecule is Cc1cccc(N2CCC3CCC(C2)N3C)n1. The number of hydrogen-bond acceptors (Lipinski definition) is 3. The van der Waals surface area contributed by atoms with Crippen molar-refractivity contribution < 1.29 is 0 Å². The molecule has 0 N–H and O–H groups in total. The van der Waals surface area contributed by atoms with Gasteiger partial charge >= 0.3 is 0 Å². The average molecular weight is 231 g/mol. The van der Waals surface area contributed by atoms with Gasteiger partial charge < -0.3 is 4.90 Å². The van der Waals surface area contributed by atoms with Crippen LogP contribution in [0.2, 0.25) is 0 Å². The molecular weight excluding hydrogens is 210 g/mol. The van der Waals surface area contributed by atoms with Crippen LogP contribution in [0.3, 0.4) is 0 Å². The molecule has 0 aromatic carbocycles. The van der Waals surface area contributed by atoms with Gasteiger partial charge in [0, 0.05) is 30.9 Å². The molecule has 0 amide bonds. The number of nitrogens with zero attached hydrogens (tertiary/aromatic N) is 3. The summed E-state index contributed by atoms with van der Waals surface area (Å²) in [6.07, 6.45) is 4.02. The molecule has 3 nitrogen and oxygen atoms in total. The van der Waals surface area contributed by atoms with E-state index in [1.54, 1.807) is 0 Å². The Bertz CT molecular complexity index is 404. The lowest BCUT2D eigenvalue weighted by Crippen LogP contribution is -2.37. The Balaban J connectivity index is 1.81. The molecule has 2 atom stereocenters. The number of rotatable bonds is 1. The van der Waals surface area contributed by atoms with Crippen LogP contribution < -0.4 is 4.90 Å². The molecule has 2 aliphatic heterocycles. The van der Waals surface area contributed by atoms with Crippen LogP contribution in [0.5, 0.6) is 0 Å². The van der Waals surface area contributed by atoms with Gasteiger partial charge in [-0.2, -0.15) is 0 Å². The molecule has 92 valence electrons. The minimum Gasteiger partial charge on any atom is -0.355 e. The fourth-order valence-electron chi connectivity index (χ4n) is 3.22. The average Bonchev–Trinajstić information content (AvgIpc) is 2.53. The van der Waals surface area contributed by atoms with E-state index in [2.05, 4.69) is 47.0 Å². The number of aromatic nitrogens is 1. The summed E-state index contributed by atoms with van der Waals surface area (Å²) >= 11 is 0. The Morgan fingerprint density at radius 1 is 1.18 bits per heavy atom. The molecule has 17 heavy (non-hydrogen) atoms. The van der Waals surface area contributed by atoms with Crippen molar-refractivity contribution in [2.24, 2.45) is 0 Å². The third-order valence-electron chi connectivity index (χ3n) is 4.35. The number of fused-ring (bicyclic) bond motifs is 2. The fraction of sp³-hybridized carbons (Fsp3) is 0.643. The van der Waals surface area contributed by atoms with E-state index in [4.69, 9.17) is 0 Å². The first-order chi connectivity index (χ1) is 8.24. The molecule has 0 aliphatic carbocycles. The molecule has 2 saturated heterocycles. The Kier molecular flexibility index (Phi) is 2.79. The zero-order valence-electron chi connectivity index (χ0n) is 10.8. The van der Waals surface area contributed by atoms with Gasteiger partial charge in [0.2, 0.25) is 0 Å². The molecule has 2 unspecified atom stereocenters. The summed E-state index contributed by atoms with van der Waals surface area (Å²) in [4.78, 5) is 9.70. The molecule has 2 aliphatic rings. The lowest BCUT2D eigenvalue weighted by molar-refractivity contribution is 0.254. The third-order valence-corrected chi connectivity index (χ3v) is 4.35. The van der Waals surface area contributed by atoms with Crippen LogP contribution in [-0.4, -0.2) is 42.1 Å². The van der Waals surface area contributed by atoms with Crippen LogP contribution in [0.25, 0.3) is 0 Å². The van der Waals surface area contributed by atoms with Gasteiger partial charge in [-0.15, -0.1) is 0 Å². The second-order valence-corrected chi connectivity index (χ2v) is 5.42. The molecular formula is C14H21N3. The van der Waals surface area contributed by atoms with Crippen LogP contribution in [0.1, 0.15) is 25.0 Å². The lowest BCUT2D eigenvalue weighted by Gasteiger charge is -2.26. The van der Waals surface area contributed by atoms with Gasteiger partial charge in [-0.3, -0.25) is 4.90 Å². The molecule has 2 bridgehead atoms. The van der Waals surface area contributed by atoms with E-state index >= 15 is 0 Å². The number of anilines is 1. The normalized spacial score (nSPS) is 29.4. The van der Waals surface area contributed by atoms with E-state index in [9.17, 15) is 0 Å². The maximum atomic E-state index is 4.65. The highest BCUT2D eigenvalue weighted by atomic mass is 15.3. The predicted molar refractivity (Wildman–Crippen MR) is 70.4 cm³/mol. The van der Waals surface area contributed by atoms with E-state index < -0.39 is 0 Å². The molecule has 1 aromatic rings. The van der Waals surface area contributed by atoms with Crippen LogP contribution in [0.15, 0.2) is 18.2 Å². The molecule has 0 saturated carbocycles. The van der Waals surface area contributed by atoms with Gasteiger partial charge in [0.05, 0.1) is 0 Å². The summed E-state index contributed by atoms with van der Waals surface area (Å²) in [5.74, 6) is 1.16. The highest BCUT2D eigenvalue weighted by Gasteiger charge is 2.34. The van der Waals surface area contributed by atoms with Crippen molar-refractivity contribution in [3.05, 3.63) is 23.9 Å². The Morgan fingerprint density at radius 3 is 2.82 bits per heavy atom. The second-order valence-electron chi connectivity index (χ2n) is 5.42. The molecule has 3 heterocycles. The lowest BCUT2D eigenvalue weighted by atomic mass is 10.1. The molecule has 1 aromatic heterocycles. The molecule has 2 fully saturated rings. The smallest absolute Gasteiger partial charge is 0.128 e. The minimum absolute atomic E-state index is 0.727. The first-order valence-electron chi connectivity index (χ1n) is 6.64. The van der Waals surface area contributed by atoms with Crippen LogP contribution in [0, 0.1) is 6.92 Å². The van der Waals surface area contributed by atoms with Crippen molar-refractivity contribution in [1.29, 1.82) is 0 Å². The quantitative estimate of drug-likeness (QED) is 0.737. The van der Waals surface area contributed by atoms with Gasteiger partial charge in [0.1, 0.15) is 5.82 Å². The highest BCUT2D eigenvalue weighted by molar-refractivity contribution is 5.40. The summed E-state index contributed by atoms with van der Waals surface area (Å²) in [7, 11) is 2.29. The van der Waals surface area contributed by atoms with Gasteiger partial charge in [-0.1, -0.05) is 6.07 Å². The summed E-state index contributed by atoms with van der Waals surface area (Å²) in [6.45, 7) is 4.37. The molecule has 0 radical (unpaired) electrons. The summed E-state index contributed by atoms with van der Waals surface area (Å²) in [5, 5.41) is 0. The summed E-state index contributed by atoms with van der Waals surface area (Å²) in [5.41, 5.74) is 1.12. The second kappa shape index (κ2) is 4.30. The first-order valence-corrected chi connectivity index (χ1v) is 6.64. The maximum absolute atomic E-state index is 4.65. The zero-order chi connectivity index (χ0) is 11.8. The van der Waals surface area contributed by atoms with E-state index in [1.165, 1.54) is 19.3 Å².